The van der Waals surface area contributed by atoms with Crippen molar-refractivity contribution in [1.29, 1.82) is 0 Å². The number of anilines is 2. The summed E-state index contributed by atoms with van der Waals surface area (Å²) in [5, 5.41) is 9.67. The maximum atomic E-state index is 13.2. The van der Waals surface area contributed by atoms with E-state index < -0.39 is 17.9 Å². The highest BCUT2D eigenvalue weighted by Gasteiger charge is 2.33. The molecule has 2 aromatic carbocycles. The molecule has 1 aliphatic heterocycles. The first-order valence-corrected chi connectivity index (χ1v) is 9.09. The van der Waals surface area contributed by atoms with Crippen LogP contribution in [0.1, 0.15) is 22.8 Å². The molecule has 0 fully saturated rings. The summed E-state index contributed by atoms with van der Waals surface area (Å²) in [4.78, 5) is 37.2. The van der Waals surface area contributed by atoms with Gasteiger partial charge in [-0.25, -0.2) is 13.9 Å². The summed E-state index contributed by atoms with van der Waals surface area (Å²) in [5.41, 5.74) is 1.68. The lowest BCUT2D eigenvalue weighted by Gasteiger charge is -2.25. The first kappa shape index (κ1) is 19.3. The molecule has 9 heteroatoms. The maximum Gasteiger partial charge on any atom is 0.339 e. The van der Waals surface area contributed by atoms with Gasteiger partial charge in [-0.1, -0.05) is 24.3 Å². The molecule has 1 aliphatic rings. The minimum Gasteiger partial charge on any atom is -0.465 e. The van der Waals surface area contributed by atoms with Crippen LogP contribution in [0.25, 0.3) is 11.1 Å². The van der Waals surface area contributed by atoms with E-state index >= 15 is 0 Å². The molecule has 0 radical (unpaired) electrons. The molecule has 0 bridgehead atoms. The van der Waals surface area contributed by atoms with E-state index in [1.54, 1.807) is 30.3 Å². The molecule has 2 amide bonds. The van der Waals surface area contributed by atoms with Crippen LogP contribution in [-0.2, 0) is 14.3 Å². The lowest BCUT2D eigenvalue weighted by atomic mass is 10.1. The Labute approximate surface area is 170 Å². The number of methoxy groups -OCH3 is 1. The van der Waals surface area contributed by atoms with Gasteiger partial charge in [0.05, 0.1) is 31.0 Å². The topological polar surface area (TPSA) is 102 Å². The Balaban J connectivity index is 1.66. The van der Waals surface area contributed by atoms with Crippen LogP contribution < -0.4 is 10.6 Å². The Morgan fingerprint density at radius 3 is 2.67 bits per heavy atom. The molecule has 0 aliphatic carbocycles. The quantitative estimate of drug-likeness (QED) is 0.646. The third kappa shape index (κ3) is 3.52. The lowest BCUT2D eigenvalue weighted by Crippen LogP contribution is -2.36. The summed E-state index contributed by atoms with van der Waals surface area (Å²) in [5.74, 6) is -1.49. The zero-order valence-electron chi connectivity index (χ0n) is 15.9. The predicted molar refractivity (Wildman–Crippen MR) is 106 cm³/mol. The Hall–Kier alpha value is -4.01. The van der Waals surface area contributed by atoms with Crippen molar-refractivity contribution in [3.63, 3.8) is 0 Å². The van der Waals surface area contributed by atoms with Crippen molar-refractivity contribution < 1.29 is 23.5 Å². The summed E-state index contributed by atoms with van der Waals surface area (Å²) < 4.78 is 19.4. The van der Waals surface area contributed by atoms with Crippen molar-refractivity contribution in [3.8, 4) is 11.1 Å². The zero-order valence-corrected chi connectivity index (χ0v) is 15.9. The van der Waals surface area contributed by atoms with Crippen LogP contribution in [0.4, 0.5) is 15.9 Å². The number of ether oxygens (including phenoxy) is 1. The second-order valence-electron chi connectivity index (χ2n) is 6.65. The highest BCUT2D eigenvalue weighted by atomic mass is 19.1. The van der Waals surface area contributed by atoms with Crippen LogP contribution in [0, 0.1) is 5.82 Å². The van der Waals surface area contributed by atoms with E-state index in [2.05, 4.69) is 15.7 Å². The van der Waals surface area contributed by atoms with E-state index in [0.717, 1.165) is 0 Å². The van der Waals surface area contributed by atoms with Crippen molar-refractivity contribution in [2.24, 2.45) is 0 Å². The number of carbonyl (C=O) groups is 3. The number of fused-ring (bicyclic) bond motifs is 1. The number of hydrogen-bond acceptors (Lipinski definition) is 5. The van der Waals surface area contributed by atoms with Crippen molar-refractivity contribution in [1.82, 2.24) is 9.78 Å². The Bertz CT molecular complexity index is 1140. The van der Waals surface area contributed by atoms with Gasteiger partial charge in [0.2, 0.25) is 11.8 Å². The van der Waals surface area contributed by atoms with Gasteiger partial charge in [0.15, 0.2) is 0 Å². The zero-order chi connectivity index (χ0) is 21.3. The van der Waals surface area contributed by atoms with E-state index in [4.69, 9.17) is 4.74 Å². The maximum absolute atomic E-state index is 13.2. The number of amides is 2. The number of nitrogens with zero attached hydrogens (tertiary/aromatic N) is 2. The fraction of sp³-hybridized carbons (Fsp3) is 0.143. The minimum atomic E-state index is -0.923. The number of para-hydroxylation sites is 1. The average Bonchev–Trinajstić information content (AvgIpc) is 3.17. The van der Waals surface area contributed by atoms with Crippen molar-refractivity contribution in [2.45, 2.75) is 12.5 Å². The average molecular weight is 408 g/mol. The first-order chi connectivity index (χ1) is 14.5. The Morgan fingerprint density at radius 1 is 1.20 bits per heavy atom. The lowest BCUT2D eigenvalue weighted by molar-refractivity contribution is -0.125. The first-order valence-electron chi connectivity index (χ1n) is 9.09. The van der Waals surface area contributed by atoms with Gasteiger partial charge in [-0.3, -0.25) is 9.59 Å². The molecule has 3 aromatic rings. The number of esters is 1. The number of hydrogen-bond donors (Lipinski definition) is 2. The summed E-state index contributed by atoms with van der Waals surface area (Å²) in [6.45, 7) is 0. The van der Waals surface area contributed by atoms with E-state index in [9.17, 15) is 18.8 Å². The van der Waals surface area contributed by atoms with E-state index in [-0.39, 0.29) is 29.4 Å². The smallest absolute Gasteiger partial charge is 0.339 e. The molecular formula is C21H17FN4O4. The molecule has 1 aromatic heterocycles. The fourth-order valence-electron chi connectivity index (χ4n) is 3.31. The molecule has 2 N–H and O–H groups in total. The van der Waals surface area contributed by atoms with E-state index in [1.165, 1.54) is 36.2 Å². The number of halogens is 1. The molecule has 0 saturated heterocycles. The number of aromatic nitrogens is 2. The Kier molecular flexibility index (Phi) is 5.01. The molecule has 0 saturated carbocycles. The van der Waals surface area contributed by atoms with E-state index in [0.29, 0.717) is 16.9 Å². The monoisotopic (exact) mass is 408 g/mol. The number of benzene rings is 2. The molecule has 8 nitrogen and oxygen atoms in total. The molecule has 0 unspecified atom stereocenters. The highest BCUT2D eigenvalue weighted by molar-refractivity contribution is 6.05. The molecule has 152 valence electrons. The second-order valence-corrected chi connectivity index (χ2v) is 6.65. The largest absolute Gasteiger partial charge is 0.465 e. The van der Waals surface area contributed by atoms with Gasteiger partial charge in [0, 0.05) is 5.56 Å². The second kappa shape index (κ2) is 7.78. The SMILES string of the molecule is COC(=O)c1ccccc1NC(=O)[C@@H]1CC(=O)Nc2c(-c3ccc(F)cc3)cnn21. The van der Waals surface area contributed by atoms with Gasteiger partial charge in [0.1, 0.15) is 17.7 Å². The highest BCUT2D eigenvalue weighted by Crippen LogP contribution is 2.34. The van der Waals surface area contributed by atoms with E-state index in [1.807, 2.05) is 0 Å². The van der Waals surface area contributed by atoms with Gasteiger partial charge in [-0.05, 0) is 29.8 Å². The standard InChI is InChI=1S/C21H17FN4O4/c1-30-21(29)14-4-2-3-5-16(14)24-20(28)17-10-18(27)25-19-15(11-23-26(17)19)12-6-8-13(22)9-7-12/h2-9,11,17H,10H2,1H3,(H,24,28)(H,25,27)/t17-/m0/s1. The number of nitrogens with one attached hydrogen (secondary N) is 2. The summed E-state index contributed by atoms with van der Waals surface area (Å²) in [6, 6.07) is 11.2. The molecule has 2 heterocycles. The normalized spacial score (nSPS) is 15.1. The van der Waals surface area contributed by atoms with Crippen LogP contribution >= 0.6 is 0 Å². The van der Waals surface area contributed by atoms with Crippen LogP contribution in [0.2, 0.25) is 0 Å². The summed E-state index contributed by atoms with van der Waals surface area (Å²) in [7, 11) is 1.25. The Morgan fingerprint density at radius 2 is 1.93 bits per heavy atom. The van der Waals surface area contributed by atoms with Gasteiger partial charge < -0.3 is 15.4 Å². The predicted octanol–water partition coefficient (Wildman–Crippen LogP) is 3.00. The fourth-order valence-corrected chi connectivity index (χ4v) is 3.31. The molecular weight excluding hydrogens is 391 g/mol. The minimum absolute atomic E-state index is 0.121. The van der Waals surface area contributed by atoms with Crippen LogP contribution in [0.15, 0.2) is 54.7 Å². The van der Waals surface area contributed by atoms with Crippen LogP contribution in [0.5, 0.6) is 0 Å². The summed E-state index contributed by atoms with van der Waals surface area (Å²) >= 11 is 0. The van der Waals surface area contributed by atoms with Gasteiger partial charge in [0.25, 0.3) is 0 Å². The van der Waals surface area contributed by atoms with Gasteiger partial charge in [-0.15, -0.1) is 0 Å². The molecule has 0 spiro atoms. The molecule has 4 rings (SSSR count). The van der Waals surface area contributed by atoms with Gasteiger partial charge >= 0.3 is 5.97 Å². The van der Waals surface area contributed by atoms with Crippen molar-refractivity contribution in [2.75, 3.05) is 17.7 Å². The third-order valence-electron chi connectivity index (χ3n) is 4.78. The summed E-state index contributed by atoms with van der Waals surface area (Å²) in [6.07, 6.45) is 1.39. The molecule has 1 atom stereocenters. The molecule has 30 heavy (non-hydrogen) atoms. The third-order valence-corrected chi connectivity index (χ3v) is 4.78. The van der Waals surface area contributed by atoms with Gasteiger partial charge in [-0.2, -0.15) is 5.10 Å². The van der Waals surface area contributed by atoms with Crippen LogP contribution in [-0.4, -0.2) is 34.7 Å². The number of rotatable bonds is 4. The number of carbonyl (C=O) groups excluding carboxylic acids is 3. The van der Waals surface area contributed by atoms with Crippen LogP contribution in [0.3, 0.4) is 0 Å². The van der Waals surface area contributed by atoms with Crippen molar-refractivity contribution >= 4 is 29.3 Å². The van der Waals surface area contributed by atoms with Crippen molar-refractivity contribution in [3.05, 3.63) is 66.1 Å².